The molecule has 0 fully saturated rings. The largest absolute Gasteiger partial charge is 1.00 e. The summed E-state index contributed by atoms with van der Waals surface area (Å²) in [6.07, 6.45) is 3.02. The molecule has 6 heteroatoms. The van der Waals surface area contributed by atoms with Crippen molar-refractivity contribution < 1.29 is 41.2 Å². The van der Waals surface area contributed by atoms with Gasteiger partial charge in [0.25, 0.3) is 0 Å². The van der Waals surface area contributed by atoms with Gasteiger partial charge < -0.3 is 17.5 Å². The summed E-state index contributed by atoms with van der Waals surface area (Å²) in [6.45, 7) is 0. The smallest absolute Gasteiger partial charge is 1.00 e. The molecule has 1 N–H and O–H groups in total. The quantitative estimate of drug-likeness (QED) is 0.474. The van der Waals surface area contributed by atoms with E-state index in [1.807, 2.05) is 6.07 Å². The van der Waals surface area contributed by atoms with Crippen LogP contribution in [-0.2, 0) is 0 Å². The Hall–Kier alpha value is -0.953. The third kappa shape index (κ3) is 2.10. The van der Waals surface area contributed by atoms with Crippen molar-refractivity contribution in [1.29, 1.82) is 0 Å². The molecule has 0 bridgehead atoms. The average Bonchev–Trinajstić information content (AvgIpc) is 2.47. The maximum atomic E-state index is 10.6. The van der Waals surface area contributed by atoms with Crippen LogP contribution in [0.1, 0.15) is 10.5 Å². The molecule has 2 heterocycles. The van der Waals surface area contributed by atoms with Crippen LogP contribution in [0.25, 0.3) is 5.65 Å². The monoisotopic (exact) mass is 204 g/mol. The predicted molar refractivity (Wildman–Crippen MR) is 42.2 cm³/mol. The van der Waals surface area contributed by atoms with Crippen LogP contribution in [0.15, 0.2) is 30.6 Å². The topological polar surface area (TPSA) is 54.6 Å². The van der Waals surface area contributed by atoms with Crippen molar-refractivity contribution in [3.63, 3.8) is 0 Å². The maximum Gasteiger partial charge on any atom is 1.00 e. The average molecular weight is 205 g/mol. The third-order valence-corrected chi connectivity index (χ3v) is 1.64. The van der Waals surface area contributed by atoms with Crippen LogP contribution < -0.4 is 31.3 Å². The molecule has 2 aromatic rings. The maximum absolute atomic E-state index is 10.6. The summed E-state index contributed by atoms with van der Waals surface area (Å²) in [7, 11) is 0. The Morgan fingerprint density at radius 3 is 2.79 bits per heavy atom. The zero-order valence-electron chi connectivity index (χ0n) is 7.51. The van der Waals surface area contributed by atoms with Crippen LogP contribution in [0.5, 0.6) is 0 Å². The number of aromatic carboxylic acids is 1. The minimum Gasteiger partial charge on any atom is -1.00 e. The fourth-order valence-electron chi connectivity index (χ4n) is 1.09. The van der Waals surface area contributed by atoms with E-state index >= 15 is 0 Å². The summed E-state index contributed by atoms with van der Waals surface area (Å²) in [4.78, 5) is 14.5. The van der Waals surface area contributed by atoms with Crippen molar-refractivity contribution in [2.24, 2.45) is 0 Å². The SMILES string of the molecule is O=C(O)c1cnc2ccccn12.[Cl-].[Li+]. The summed E-state index contributed by atoms with van der Waals surface area (Å²) < 4.78 is 1.53. The van der Waals surface area contributed by atoms with Crippen molar-refractivity contribution in [3.8, 4) is 0 Å². The minimum absolute atomic E-state index is 0. The number of hydrogen-bond donors (Lipinski definition) is 1. The molecule has 0 aliphatic heterocycles. The van der Waals surface area contributed by atoms with Gasteiger partial charge in [-0.2, -0.15) is 0 Å². The van der Waals surface area contributed by atoms with Crippen LogP contribution in [0, 0.1) is 0 Å². The van der Waals surface area contributed by atoms with Gasteiger partial charge in [0.1, 0.15) is 5.65 Å². The minimum atomic E-state index is -0.964. The van der Waals surface area contributed by atoms with E-state index in [4.69, 9.17) is 5.11 Å². The Balaban J connectivity index is 0.000000845. The van der Waals surface area contributed by atoms with Crippen LogP contribution in [-0.4, -0.2) is 20.5 Å². The molecular weight excluding hydrogens is 198 g/mol. The molecule has 0 aliphatic carbocycles. The fraction of sp³-hybridized carbons (Fsp3) is 0. The van der Waals surface area contributed by atoms with E-state index in [1.165, 1.54) is 10.6 Å². The van der Waals surface area contributed by atoms with E-state index in [0.717, 1.165) is 0 Å². The zero-order chi connectivity index (χ0) is 8.55. The van der Waals surface area contributed by atoms with Gasteiger partial charge in [-0.15, -0.1) is 0 Å². The number of nitrogens with zero attached hydrogens (tertiary/aromatic N) is 2. The van der Waals surface area contributed by atoms with Crippen LogP contribution in [0.4, 0.5) is 0 Å². The number of carboxylic acids is 1. The molecule has 2 aromatic heterocycles. The number of imidazole rings is 1. The second-order valence-electron chi connectivity index (χ2n) is 2.38. The molecule has 0 aliphatic rings. The van der Waals surface area contributed by atoms with E-state index < -0.39 is 5.97 Å². The summed E-state index contributed by atoms with van der Waals surface area (Å²) in [5.41, 5.74) is 0.834. The molecule has 0 saturated carbocycles. The molecule has 0 saturated heterocycles. The number of pyridine rings is 1. The first-order valence-electron chi connectivity index (χ1n) is 3.44. The van der Waals surface area contributed by atoms with E-state index in [0.29, 0.717) is 5.65 Å². The predicted octanol–water partition coefficient (Wildman–Crippen LogP) is -4.96. The van der Waals surface area contributed by atoms with Gasteiger partial charge in [-0.25, -0.2) is 9.78 Å². The van der Waals surface area contributed by atoms with Crippen molar-refractivity contribution in [3.05, 3.63) is 36.3 Å². The molecule has 0 amide bonds. The number of hydrogen-bond acceptors (Lipinski definition) is 2. The summed E-state index contributed by atoms with van der Waals surface area (Å²) >= 11 is 0. The fourth-order valence-corrected chi connectivity index (χ4v) is 1.09. The van der Waals surface area contributed by atoms with Crippen LogP contribution >= 0.6 is 0 Å². The summed E-state index contributed by atoms with van der Waals surface area (Å²) in [5.74, 6) is -0.964. The van der Waals surface area contributed by atoms with Gasteiger partial charge in [0, 0.05) is 6.20 Å². The number of carboxylic acid groups (broad SMARTS) is 1. The molecule has 0 radical (unpaired) electrons. The molecule has 0 spiro atoms. The van der Waals surface area contributed by atoms with E-state index in [-0.39, 0.29) is 37.0 Å². The Morgan fingerprint density at radius 2 is 2.14 bits per heavy atom. The number of halogens is 1. The van der Waals surface area contributed by atoms with Crippen molar-refractivity contribution >= 4 is 11.6 Å². The van der Waals surface area contributed by atoms with Crippen molar-refractivity contribution in [2.75, 3.05) is 0 Å². The zero-order valence-corrected chi connectivity index (χ0v) is 8.27. The van der Waals surface area contributed by atoms with Crippen molar-refractivity contribution in [1.82, 2.24) is 9.38 Å². The summed E-state index contributed by atoms with van der Waals surface area (Å²) in [5, 5.41) is 8.71. The molecule has 68 valence electrons. The van der Waals surface area contributed by atoms with Gasteiger partial charge in [-0.05, 0) is 12.1 Å². The molecule has 14 heavy (non-hydrogen) atoms. The first kappa shape index (κ1) is 13.0. The molecule has 0 unspecified atom stereocenters. The number of rotatable bonds is 1. The van der Waals surface area contributed by atoms with Crippen molar-refractivity contribution in [2.45, 2.75) is 0 Å². The van der Waals surface area contributed by atoms with E-state index in [2.05, 4.69) is 4.98 Å². The van der Waals surface area contributed by atoms with Gasteiger partial charge in [-0.3, -0.25) is 4.40 Å². The Morgan fingerprint density at radius 1 is 1.43 bits per heavy atom. The second-order valence-corrected chi connectivity index (χ2v) is 2.38. The number of carbonyl (C=O) groups is 1. The Bertz CT molecular complexity index is 444. The van der Waals surface area contributed by atoms with Gasteiger partial charge in [0.05, 0.1) is 6.20 Å². The molecule has 4 nitrogen and oxygen atoms in total. The van der Waals surface area contributed by atoms with Crippen LogP contribution in [0.2, 0.25) is 0 Å². The van der Waals surface area contributed by atoms with E-state index in [9.17, 15) is 4.79 Å². The third-order valence-electron chi connectivity index (χ3n) is 1.64. The standard InChI is InChI=1S/C8H6N2O2.ClH.Li/c11-8(12)6-5-9-7-3-1-2-4-10(6)7;;/h1-5H,(H,11,12);1H;/q;;+1/p-1. The number of aromatic nitrogens is 2. The number of fused-ring (bicyclic) bond motifs is 1. The Kier molecular flexibility index (Phi) is 4.72. The van der Waals surface area contributed by atoms with Gasteiger partial charge >= 0.3 is 24.8 Å². The van der Waals surface area contributed by atoms with Crippen LogP contribution in [0.3, 0.4) is 0 Å². The normalized spacial score (nSPS) is 8.86. The molecule has 0 atom stereocenters. The summed E-state index contributed by atoms with van der Waals surface area (Å²) in [6, 6.07) is 5.33. The molecule has 2 rings (SSSR count). The van der Waals surface area contributed by atoms with E-state index in [1.54, 1.807) is 18.3 Å². The molecular formula is C8H6ClLiN2O2. The van der Waals surface area contributed by atoms with Gasteiger partial charge in [0.15, 0.2) is 5.69 Å². The van der Waals surface area contributed by atoms with Gasteiger partial charge in [0.2, 0.25) is 0 Å². The second kappa shape index (κ2) is 5.06. The van der Waals surface area contributed by atoms with Gasteiger partial charge in [-0.1, -0.05) is 6.07 Å². The first-order chi connectivity index (χ1) is 5.79. The molecule has 0 aromatic carbocycles. The Labute approximate surface area is 98.5 Å². The first-order valence-corrected chi connectivity index (χ1v) is 3.44.